The largest absolute Gasteiger partial charge is 0.340 e. The first-order valence-electron chi connectivity index (χ1n) is 6.92. The first-order chi connectivity index (χ1) is 10.2. The number of benzene rings is 2. The molecular weight excluding hydrogens is 270 g/mol. The Hall–Kier alpha value is -1.94. The molecule has 2 rings (SSSR count). The van der Waals surface area contributed by atoms with Crippen molar-refractivity contribution in [3.8, 4) is 0 Å². The number of carbonyl (C=O) groups is 1. The lowest BCUT2D eigenvalue weighted by atomic mass is 10.2. The Bertz CT molecular complexity index is 592. The SMILES string of the molecule is [2H]C(c1ccccc1)N(C=O)CCS(=O)c1ccccc1. The van der Waals surface area contributed by atoms with Crippen LogP contribution in [0, 0.1) is 0 Å². The van der Waals surface area contributed by atoms with E-state index in [4.69, 9.17) is 1.37 Å². The smallest absolute Gasteiger partial charge is 0.210 e. The van der Waals surface area contributed by atoms with Gasteiger partial charge in [0.25, 0.3) is 0 Å². The maximum absolute atomic E-state index is 12.1. The van der Waals surface area contributed by atoms with Gasteiger partial charge in [-0.3, -0.25) is 9.00 Å². The number of rotatable bonds is 7. The maximum Gasteiger partial charge on any atom is 0.210 e. The summed E-state index contributed by atoms with van der Waals surface area (Å²) >= 11 is 0. The molecule has 0 saturated heterocycles. The first kappa shape index (κ1) is 13.1. The standard InChI is InChI=1S/C16H17NO2S/c18-14-17(13-15-7-3-1-4-8-15)11-12-20(19)16-9-5-2-6-10-16/h1-10,14H,11-13H2/i13D. The Morgan fingerprint density at radius 1 is 1.05 bits per heavy atom. The zero-order valence-electron chi connectivity index (χ0n) is 12.0. The van der Waals surface area contributed by atoms with Gasteiger partial charge < -0.3 is 4.90 Å². The fraction of sp³-hybridized carbons (Fsp3) is 0.188. The minimum atomic E-state index is -1.16. The van der Waals surface area contributed by atoms with Crippen molar-refractivity contribution in [1.29, 1.82) is 0 Å². The van der Waals surface area contributed by atoms with E-state index in [1.54, 1.807) is 12.1 Å². The predicted molar refractivity (Wildman–Crippen MR) is 80.6 cm³/mol. The third kappa shape index (κ3) is 4.31. The van der Waals surface area contributed by atoms with Crippen molar-refractivity contribution in [2.24, 2.45) is 0 Å². The molecule has 0 radical (unpaired) electrons. The molecule has 2 atom stereocenters. The molecule has 0 aromatic heterocycles. The molecule has 0 aliphatic heterocycles. The van der Waals surface area contributed by atoms with Crippen LogP contribution in [0.5, 0.6) is 0 Å². The molecule has 0 spiro atoms. The Morgan fingerprint density at radius 3 is 2.25 bits per heavy atom. The van der Waals surface area contributed by atoms with Crippen LogP contribution in [0.25, 0.3) is 0 Å². The van der Waals surface area contributed by atoms with E-state index in [-0.39, 0.29) is 6.54 Å². The minimum Gasteiger partial charge on any atom is -0.340 e. The van der Waals surface area contributed by atoms with Crippen LogP contribution in [0.3, 0.4) is 0 Å². The van der Waals surface area contributed by atoms with Crippen LogP contribution in [0.1, 0.15) is 6.93 Å². The van der Waals surface area contributed by atoms with Crippen molar-refractivity contribution in [2.75, 3.05) is 12.3 Å². The Kier molecular flexibility index (Phi) is 4.96. The van der Waals surface area contributed by atoms with Crippen molar-refractivity contribution in [3.63, 3.8) is 0 Å². The first-order valence-corrected chi connectivity index (χ1v) is 7.66. The van der Waals surface area contributed by atoms with Crippen molar-refractivity contribution >= 4 is 17.2 Å². The highest BCUT2D eigenvalue weighted by Crippen LogP contribution is 2.07. The van der Waals surface area contributed by atoms with Gasteiger partial charge in [0.15, 0.2) is 0 Å². The van der Waals surface area contributed by atoms with Crippen LogP contribution in [-0.4, -0.2) is 27.8 Å². The summed E-state index contributed by atoms with van der Waals surface area (Å²) in [4.78, 5) is 13.3. The molecule has 104 valence electrons. The van der Waals surface area contributed by atoms with E-state index in [1.165, 1.54) is 4.90 Å². The van der Waals surface area contributed by atoms with Crippen molar-refractivity contribution < 1.29 is 10.4 Å². The summed E-state index contributed by atoms with van der Waals surface area (Å²) in [5, 5.41) is 0. The van der Waals surface area contributed by atoms with Gasteiger partial charge in [-0.25, -0.2) is 0 Å². The minimum absolute atomic E-state index is 0.286. The van der Waals surface area contributed by atoms with Crippen LogP contribution >= 0.6 is 0 Å². The van der Waals surface area contributed by atoms with Crippen LogP contribution in [0.4, 0.5) is 0 Å². The number of amides is 1. The van der Waals surface area contributed by atoms with Crippen LogP contribution in [-0.2, 0) is 22.1 Å². The molecule has 0 heterocycles. The van der Waals surface area contributed by atoms with E-state index in [1.807, 2.05) is 48.5 Å². The molecule has 0 saturated carbocycles. The maximum atomic E-state index is 12.1. The van der Waals surface area contributed by atoms with E-state index in [0.29, 0.717) is 12.2 Å². The summed E-state index contributed by atoms with van der Waals surface area (Å²) < 4.78 is 20.2. The number of nitrogens with zero attached hydrogens (tertiary/aromatic N) is 1. The molecule has 2 unspecified atom stereocenters. The summed E-state index contributed by atoms with van der Waals surface area (Å²) in [6.45, 7) is -0.481. The molecule has 0 bridgehead atoms. The Balaban J connectivity index is 1.97. The molecule has 0 aliphatic carbocycles. The van der Waals surface area contributed by atoms with Gasteiger partial charge in [-0.2, -0.15) is 0 Å². The van der Waals surface area contributed by atoms with E-state index < -0.39 is 17.3 Å². The summed E-state index contributed by atoms with van der Waals surface area (Å²) in [6.07, 6.45) is 0.646. The number of carbonyl (C=O) groups excluding carboxylic acids is 1. The van der Waals surface area contributed by atoms with Crippen molar-refractivity contribution in [2.45, 2.75) is 11.4 Å². The number of hydrogen-bond donors (Lipinski definition) is 0. The quantitative estimate of drug-likeness (QED) is 0.734. The molecule has 4 heteroatoms. The second-order valence-corrected chi connectivity index (χ2v) is 5.82. The lowest BCUT2D eigenvalue weighted by molar-refractivity contribution is -0.118. The average Bonchev–Trinajstić information content (AvgIpc) is 2.56. The second kappa shape index (κ2) is 7.60. The predicted octanol–water partition coefficient (Wildman–Crippen LogP) is 2.45. The van der Waals surface area contributed by atoms with Gasteiger partial charge in [-0.15, -0.1) is 0 Å². The molecule has 1 amide bonds. The fourth-order valence-electron chi connectivity index (χ4n) is 1.76. The molecule has 2 aromatic rings. The second-order valence-electron chi connectivity index (χ2n) is 4.25. The lowest BCUT2D eigenvalue weighted by Crippen LogP contribution is -2.26. The van der Waals surface area contributed by atoms with Gasteiger partial charge in [-0.05, 0) is 17.7 Å². The molecule has 0 N–H and O–H groups in total. The highest BCUT2D eigenvalue weighted by Gasteiger charge is 2.07. The number of hydrogen-bond acceptors (Lipinski definition) is 2. The molecule has 0 aliphatic rings. The van der Waals surface area contributed by atoms with E-state index in [0.717, 1.165) is 10.5 Å². The Labute approximate surface area is 123 Å². The van der Waals surface area contributed by atoms with Gasteiger partial charge in [0.05, 0.1) is 12.2 Å². The summed E-state index contributed by atoms with van der Waals surface area (Å²) in [5.74, 6) is 0.324. The third-order valence-electron chi connectivity index (χ3n) is 2.79. The van der Waals surface area contributed by atoms with Gasteiger partial charge >= 0.3 is 0 Å². The lowest BCUT2D eigenvalue weighted by Gasteiger charge is -2.17. The van der Waals surface area contributed by atoms with Crippen LogP contribution < -0.4 is 0 Å². The van der Waals surface area contributed by atoms with Crippen molar-refractivity contribution in [1.82, 2.24) is 4.90 Å². The monoisotopic (exact) mass is 288 g/mol. The normalized spacial score (nSPS) is 14.1. The highest BCUT2D eigenvalue weighted by molar-refractivity contribution is 7.85. The molecule has 2 aromatic carbocycles. The topological polar surface area (TPSA) is 37.4 Å². The van der Waals surface area contributed by atoms with E-state index >= 15 is 0 Å². The van der Waals surface area contributed by atoms with Crippen LogP contribution in [0.15, 0.2) is 65.6 Å². The fourth-order valence-corrected chi connectivity index (χ4v) is 2.83. The van der Waals surface area contributed by atoms with E-state index in [2.05, 4.69) is 0 Å². The van der Waals surface area contributed by atoms with E-state index in [9.17, 15) is 9.00 Å². The van der Waals surface area contributed by atoms with Gasteiger partial charge in [0.1, 0.15) is 0 Å². The molecular formula is C16H17NO2S. The zero-order valence-corrected chi connectivity index (χ0v) is 11.8. The Morgan fingerprint density at radius 2 is 1.65 bits per heavy atom. The van der Waals surface area contributed by atoms with Gasteiger partial charge in [0.2, 0.25) is 6.41 Å². The van der Waals surface area contributed by atoms with Gasteiger partial charge in [0, 0.05) is 23.7 Å². The molecule has 0 fully saturated rings. The summed E-state index contributed by atoms with van der Waals surface area (Å²) in [7, 11) is -1.16. The zero-order chi connectivity index (χ0) is 15.1. The molecule has 20 heavy (non-hydrogen) atoms. The molecule has 3 nitrogen and oxygen atoms in total. The summed E-state index contributed by atoms with van der Waals surface area (Å²) in [6, 6.07) is 18.3. The van der Waals surface area contributed by atoms with Gasteiger partial charge in [-0.1, -0.05) is 48.5 Å². The summed E-state index contributed by atoms with van der Waals surface area (Å²) in [5.41, 5.74) is 0.745. The van der Waals surface area contributed by atoms with Crippen molar-refractivity contribution in [3.05, 3.63) is 66.2 Å². The van der Waals surface area contributed by atoms with Crippen LogP contribution in [0.2, 0.25) is 0 Å². The third-order valence-corrected chi connectivity index (χ3v) is 4.14. The average molecular weight is 288 g/mol. The highest BCUT2D eigenvalue weighted by atomic mass is 32.2.